The Bertz CT molecular complexity index is 611. The molecular weight excluding hydrogens is 238 g/mol. The second kappa shape index (κ2) is 5.47. The zero-order valence-electron chi connectivity index (χ0n) is 12.1. The highest BCUT2D eigenvalue weighted by Gasteiger charge is 2.17. The van der Waals surface area contributed by atoms with E-state index in [1.54, 1.807) is 6.92 Å². The molecule has 0 atom stereocenters. The molecule has 19 heavy (non-hydrogen) atoms. The molecule has 0 unspecified atom stereocenters. The maximum Gasteiger partial charge on any atom is 0.162 e. The van der Waals surface area contributed by atoms with Gasteiger partial charge in [-0.25, -0.2) is 0 Å². The summed E-state index contributed by atoms with van der Waals surface area (Å²) in [6.07, 6.45) is 1.05. The van der Waals surface area contributed by atoms with Crippen LogP contribution < -0.4 is 4.74 Å². The molecule has 0 bridgehead atoms. The molecule has 1 heterocycles. The van der Waals surface area contributed by atoms with E-state index in [1.807, 2.05) is 26.0 Å². The molecule has 0 aliphatic carbocycles. The van der Waals surface area contributed by atoms with Gasteiger partial charge in [-0.15, -0.1) is 0 Å². The Balaban J connectivity index is 2.70. The van der Waals surface area contributed by atoms with Crippen molar-refractivity contribution >= 4 is 16.7 Å². The minimum atomic E-state index is 0.117. The zero-order valence-corrected chi connectivity index (χ0v) is 12.1. The molecule has 0 saturated carbocycles. The van der Waals surface area contributed by atoms with Crippen LogP contribution in [0.15, 0.2) is 18.2 Å². The number of rotatable bonds is 5. The summed E-state index contributed by atoms with van der Waals surface area (Å²) in [7, 11) is 0. The van der Waals surface area contributed by atoms with Crippen molar-refractivity contribution in [2.24, 2.45) is 0 Å². The summed E-state index contributed by atoms with van der Waals surface area (Å²) in [5, 5.41) is 1.00. The third kappa shape index (κ3) is 2.37. The lowest BCUT2D eigenvalue weighted by Gasteiger charge is -2.07. The minimum absolute atomic E-state index is 0.117. The fourth-order valence-electron chi connectivity index (χ4n) is 2.67. The number of ketones is 1. The first kappa shape index (κ1) is 13.7. The Hall–Kier alpha value is -1.77. The van der Waals surface area contributed by atoms with Gasteiger partial charge in [0.05, 0.1) is 6.61 Å². The van der Waals surface area contributed by atoms with Gasteiger partial charge in [-0.2, -0.15) is 0 Å². The summed E-state index contributed by atoms with van der Waals surface area (Å²) in [4.78, 5) is 11.9. The first-order chi connectivity index (χ1) is 9.10. The van der Waals surface area contributed by atoms with Crippen LogP contribution in [0.5, 0.6) is 5.75 Å². The smallest absolute Gasteiger partial charge is 0.162 e. The number of aromatic nitrogens is 1. The van der Waals surface area contributed by atoms with Crippen molar-refractivity contribution in [1.29, 1.82) is 0 Å². The first-order valence-electron chi connectivity index (χ1n) is 6.86. The number of hydrogen-bond donors (Lipinski definition) is 0. The van der Waals surface area contributed by atoms with Crippen LogP contribution in [-0.2, 0) is 6.54 Å². The fraction of sp³-hybridized carbons (Fsp3) is 0.438. The number of carbonyl (C=O) groups excluding carboxylic acids is 1. The number of hydrogen-bond acceptors (Lipinski definition) is 2. The van der Waals surface area contributed by atoms with E-state index in [0.29, 0.717) is 6.61 Å². The molecule has 1 aromatic carbocycles. The fourth-order valence-corrected chi connectivity index (χ4v) is 2.67. The lowest BCUT2D eigenvalue weighted by molar-refractivity contribution is 0.101. The van der Waals surface area contributed by atoms with E-state index >= 15 is 0 Å². The average Bonchev–Trinajstić information content (AvgIpc) is 2.63. The molecule has 0 aliphatic rings. The van der Waals surface area contributed by atoms with E-state index in [0.717, 1.165) is 40.9 Å². The van der Waals surface area contributed by atoms with Crippen molar-refractivity contribution in [2.75, 3.05) is 6.61 Å². The van der Waals surface area contributed by atoms with Gasteiger partial charge >= 0.3 is 0 Å². The van der Waals surface area contributed by atoms with E-state index in [1.165, 1.54) is 0 Å². The van der Waals surface area contributed by atoms with Crippen LogP contribution in [0.3, 0.4) is 0 Å². The molecule has 0 fully saturated rings. The van der Waals surface area contributed by atoms with Crippen LogP contribution >= 0.6 is 0 Å². The molecule has 0 spiro atoms. The van der Waals surface area contributed by atoms with Gasteiger partial charge in [0.15, 0.2) is 5.78 Å². The van der Waals surface area contributed by atoms with Crippen molar-refractivity contribution in [3.8, 4) is 5.75 Å². The van der Waals surface area contributed by atoms with E-state index < -0.39 is 0 Å². The number of aryl methyl sites for hydroxylation is 1. The highest BCUT2D eigenvalue weighted by Crippen LogP contribution is 2.30. The van der Waals surface area contributed by atoms with E-state index in [2.05, 4.69) is 17.6 Å². The predicted molar refractivity (Wildman–Crippen MR) is 78.1 cm³/mol. The lowest BCUT2D eigenvalue weighted by Crippen LogP contribution is -2.01. The Kier molecular flexibility index (Phi) is 3.93. The van der Waals surface area contributed by atoms with Crippen LogP contribution in [0.4, 0.5) is 0 Å². The Morgan fingerprint density at radius 1 is 1.32 bits per heavy atom. The monoisotopic (exact) mass is 259 g/mol. The normalized spacial score (nSPS) is 10.9. The summed E-state index contributed by atoms with van der Waals surface area (Å²) in [5.74, 6) is 0.942. The summed E-state index contributed by atoms with van der Waals surface area (Å²) in [6.45, 7) is 9.33. The van der Waals surface area contributed by atoms with Crippen LogP contribution in [0.1, 0.15) is 43.2 Å². The predicted octanol–water partition coefficient (Wildman–Crippen LogP) is 3.96. The van der Waals surface area contributed by atoms with Crippen molar-refractivity contribution in [2.45, 2.75) is 40.7 Å². The Labute approximate surface area is 114 Å². The molecule has 1 aromatic heterocycles. The number of fused-ring (bicyclic) bond motifs is 1. The van der Waals surface area contributed by atoms with E-state index in [-0.39, 0.29) is 5.78 Å². The Morgan fingerprint density at radius 3 is 2.63 bits per heavy atom. The van der Waals surface area contributed by atoms with Crippen LogP contribution in [0.2, 0.25) is 0 Å². The minimum Gasteiger partial charge on any atom is -0.494 e. The molecule has 0 radical (unpaired) electrons. The van der Waals surface area contributed by atoms with Crippen molar-refractivity contribution < 1.29 is 9.53 Å². The SMILES string of the molecule is CCCn1c(C)c(C(C)=O)c2cc(OCC)ccc21. The quantitative estimate of drug-likeness (QED) is 0.761. The number of ether oxygens (including phenoxy) is 1. The summed E-state index contributed by atoms with van der Waals surface area (Å²) in [6, 6.07) is 6.01. The van der Waals surface area contributed by atoms with Crippen LogP contribution in [-0.4, -0.2) is 17.0 Å². The lowest BCUT2D eigenvalue weighted by atomic mass is 10.1. The van der Waals surface area contributed by atoms with Gasteiger partial charge in [-0.1, -0.05) is 6.92 Å². The third-order valence-corrected chi connectivity index (χ3v) is 3.41. The first-order valence-corrected chi connectivity index (χ1v) is 6.86. The topological polar surface area (TPSA) is 31.2 Å². The van der Waals surface area contributed by atoms with Crippen molar-refractivity contribution in [1.82, 2.24) is 4.57 Å². The maximum atomic E-state index is 11.9. The summed E-state index contributed by atoms with van der Waals surface area (Å²) in [5.41, 5.74) is 3.00. The summed E-state index contributed by atoms with van der Waals surface area (Å²) < 4.78 is 7.76. The highest BCUT2D eigenvalue weighted by molar-refractivity contribution is 6.08. The van der Waals surface area contributed by atoms with Crippen LogP contribution in [0, 0.1) is 6.92 Å². The molecule has 3 nitrogen and oxygen atoms in total. The number of carbonyl (C=O) groups is 1. The standard InChI is InChI=1S/C16H21NO2/c1-5-9-17-11(3)16(12(4)18)14-10-13(19-6-2)7-8-15(14)17/h7-8,10H,5-6,9H2,1-4H3. The molecule has 3 heteroatoms. The molecule has 102 valence electrons. The van der Waals surface area contributed by atoms with Gasteiger partial charge in [-0.05, 0) is 45.4 Å². The van der Waals surface area contributed by atoms with Gasteiger partial charge in [0.2, 0.25) is 0 Å². The average molecular weight is 259 g/mol. The second-order valence-corrected chi connectivity index (χ2v) is 4.78. The van der Waals surface area contributed by atoms with Crippen molar-refractivity contribution in [3.05, 3.63) is 29.5 Å². The molecule has 0 amide bonds. The molecule has 0 N–H and O–H groups in total. The molecule has 2 aromatic rings. The number of nitrogens with zero attached hydrogens (tertiary/aromatic N) is 1. The largest absolute Gasteiger partial charge is 0.494 e. The summed E-state index contributed by atoms with van der Waals surface area (Å²) >= 11 is 0. The highest BCUT2D eigenvalue weighted by atomic mass is 16.5. The number of benzene rings is 1. The molecule has 0 aliphatic heterocycles. The van der Waals surface area contributed by atoms with Gasteiger partial charge < -0.3 is 9.30 Å². The third-order valence-electron chi connectivity index (χ3n) is 3.41. The van der Waals surface area contributed by atoms with E-state index in [4.69, 9.17) is 4.74 Å². The van der Waals surface area contributed by atoms with Gasteiger partial charge in [0.1, 0.15) is 5.75 Å². The maximum absolute atomic E-state index is 11.9. The van der Waals surface area contributed by atoms with Crippen molar-refractivity contribution in [3.63, 3.8) is 0 Å². The van der Waals surface area contributed by atoms with Gasteiger partial charge in [0, 0.05) is 28.7 Å². The molecule has 0 saturated heterocycles. The molecule has 2 rings (SSSR count). The van der Waals surface area contributed by atoms with Gasteiger partial charge in [-0.3, -0.25) is 4.79 Å². The molecular formula is C16H21NO2. The van der Waals surface area contributed by atoms with Gasteiger partial charge in [0.25, 0.3) is 0 Å². The number of Topliss-reactive ketones (excluding diaryl/α,β-unsaturated/α-hetero) is 1. The second-order valence-electron chi connectivity index (χ2n) is 4.78. The van der Waals surface area contributed by atoms with E-state index in [9.17, 15) is 4.79 Å². The zero-order chi connectivity index (χ0) is 14.0. The Morgan fingerprint density at radius 2 is 2.05 bits per heavy atom. The van der Waals surface area contributed by atoms with Crippen LogP contribution in [0.25, 0.3) is 10.9 Å².